The van der Waals surface area contributed by atoms with Crippen LogP contribution < -0.4 is 5.32 Å². The lowest BCUT2D eigenvalue weighted by Gasteiger charge is -2.06. The fourth-order valence-electron chi connectivity index (χ4n) is 1.46. The number of ether oxygens (including phenoxy) is 1. The van der Waals surface area contributed by atoms with Crippen LogP contribution in [0.15, 0.2) is 16.6 Å². The van der Waals surface area contributed by atoms with E-state index in [1.165, 1.54) is 20.0 Å². The van der Waals surface area contributed by atoms with Crippen LogP contribution in [0.25, 0.3) is 0 Å². The number of carbonyl (C=O) groups is 2. The molecule has 5 nitrogen and oxygen atoms in total. The lowest BCUT2D eigenvalue weighted by molar-refractivity contribution is 0.0592. The number of carbonyl (C=O) groups excluding carboxylic acids is 2. The minimum atomic E-state index is -0.571. The maximum Gasteiger partial charge on any atom is 0.357 e. The number of hydrogen-bond acceptors (Lipinski definition) is 4. The molecule has 0 spiro atoms. The highest BCUT2D eigenvalue weighted by atomic mass is 79.9. The van der Waals surface area contributed by atoms with Crippen molar-refractivity contribution in [1.82, 2.24) is 10.3 Å². The lowest BCUT2D eigenvalue weighted by Crippen LogP contribution is -2.27. The van der Waals surface area contributed by atoms with Gasteiger partial charge in [-0.1, -0.05) is 0 Å². The van der Waals surface area contributed by atoms with Gasteiger partial charge < -0.3 is 10.1 Å². The van der Waals surface area contributed by atoms with Crippen molar-refractivity contribution in [3.8, 4) is 0 Å². The van der Waals surface area contributed by atoms with E-state index < -0.39 is 5.97 Å². The van der Waals surface area contributed by atoms with Crippen LogP contribution in [0.1, 0.15) is 33.8 Å². The summed E-state index contributed by atoms with van der Waals surface area (Å²) in [5.74, 6) is -0.234. The molecule has 1 amide bonds. The van der Waals surface area contributed by atoms with Gasteiger partial charge in [-0.15, -0.1) is 0 Å². The normalized spacial score (nSPS) is 14.1. The maximum absolute atomic E-state index is 11.8. The fourth-order valence-corrected chi connectivity index (χ4v) is 1.84. The molecule has 0 bridgehead atoms. The van der Waals surface area contributed by atoms with Gasteiger partial charge in [0.2, 0.25) is 0 Å². The Kier molecular flexibility index (Phi) is 3.96. The smallest absolute Gasteiger partial charge is 0.357 e. The van der Waals surface area contributed by atoms with E-state index in [0.717, 1.165) is 0 Å². The van der Waals surface area contributed by atoms with Gasteiger partial charge in [0.15, 0.2) is 5.69 Å². The highest BCUT2D eigenvalue weighted by Gasteiger charge is 2.22. The minimum Gasteiger partial charge on any atom is -0.464 e. The number of rotatable bonds is 4. The minimum absolute atomic E-state index is 0.108. The SMILES string of the molecule is COC(=O)c1nc(C(=O)NCC2CC2)ccc1Br. The Morgan fingerprint density at radius 2 is 2.22 bits per heavy atom. The van der Waals surface area contributed by atoms with Crippen LogP contribution in [0.3, 0.4) is 0 Å². The quantitative estimate of drug-likeness (QED) is 0.860. The Morgan fingerprint density at radius 1 is 1.50 bits per heavy atom. The number of halogens is 1. The number of esters is 1. The van der Waals surface area contributed by atoms with Crippen LogP contribution >= 0.6 is 15.9 Å². The molecule has 1 aliphatic carbocycles. The average Bonchev–Trinajstić information content (AvgIpc) is 3.19. The van der Waals surface area contributed by atoms with Crippen molar-refractivity contribution >= 4 is 27.8 Å². The second-order valence-electron chi connectivity index (χ2n) is 4.17. The maximum atomic E-state index is 11.8. The van der Waals surface area contributed by atoms with Crippen LogP contribution in [-0.2, 0) is 4.74 Å². The molecule has 1 heterocycles. The Morgan fingerprint density at radius 3 is 2.83 bits per heavy atom. The fraction of sp³-hybridized carbons (Fsp3) is 0.417. The topological polar surface area (TPSA) is 68.3 Å². The molecule has 0 radical (unpaired) electrons. The summed E-state index contributed by atoms with van der Waals surface area (Å²) < 4.78 is 5.10. The first kappa shape index (κ1) is 13.0. The van der Waals surface area contributed by atoms with Crippen LogP contribution in [-0.4, -0.2) is 30.5 Å². The summed E-state index contributed by atoms with van der Waals surface area (Å²) in [5.41, 5.74) is 0.329. The summed E-state index contributed by atoms with van der Waals surface area (Å²) in [5, 5.41) is 2.80. The van der Waals surface area contributed by atoms with Gasteiger partial charge in [-0.2, -0.15) is 0 Å². The van der Waals surface area contributed by atoms with Gasteiger partial charge in [-0.05, 0) is 46.8 Å². The standard InChI is InChI=1S/C12H13BrN2O3/c1-18-12(17)10-8(13)4-5-9(15-10)11(16)14-6-7-2-3-7/h4-5,7H,2-3,6H2,1H3,(H,14,16). The van der Waals surface area contributed by atoms with E-state index >= 15 is 0 Å². The molecule has 0 atom stereocenters. The van der Waals surface area contributed by atoms with Gasteiger partial charge in [0, 0.05) is 6.54 Å². The van der Waals surface area contributed by atoms with Gasteiger partial charge in [-0.3, -0.25) is 4.79 Å². The molecule has 1 aromatic heterocycles. The summed E-state index contributed by atoms with van der Waals surface area (Å²) in [4.78, 5) is 27.3. The molecule has 0 saturated heterocycles. The van der Waals surface area contributed by atoms with Crippen molar-refractivity contribution in [1.29, 1.82) is 0 Å². The van der Waals surface area contributed by atoms with E-state index in [2.05, 4.69) is 31.0 Å². The third-order valence-electron chi connectivity index (χ3n) is 2.71. The monoisotopic (exact) mass is 312 g/mol. The van der Waals surface area contributed by atoms with E-state index in [0.29, 0.717) is 16.9 Å². The Balaban J connectivity index is 2.11. The van der Waals surface area contributed by atoms with E-state index in [4.69, 9.17) is 0 Å². The van der Waals surface area contributed by atoms with Gasteiger partial charge in [-0.25, -0.2) is 9.78 Å². The highest BCUT2D eigenvalue weighted by Crippen LogP contribution is 2.27. The van der Waals surface area contributed by atoms with E-state index in [-0.39, 0.29) is 17.3 Å². The third-order valence-corrected chi connectivity index (χ3v) is 3.35. The first-order valence-corrected chi connectivity index (χ1v) is 6.44. The molecule has 0 aliphatic heterocycles. The van der Waals surface area contributed by atoms with Gasteiger partial charge in [0.05, 0.1) is 11.6 Å². The number of amides is 1. The van der Waals surface area contributed by atoms with Gasteiger partial charge in [0.1, 0.15) is 5.69 Å². The largest absolute Gasteiger partial charge is 0.464 e. The molecule has 6 heteroatoms. The zero-order valence-electron chi connectivity index (χ0n) is 9.90. The van der Waals surface area contributed by atoms with E-state index in [1.54, 1.807) is 12.1 Å². The van der Waals surface area contributed by atoms with Crippen LogP contribution in [0, 0.1) is 5.92 Å². The molecule has 0 aromatic carbocycles. The van der Waals surface area contributed by atoms with Crippen LogP contribution in [0.4, 0.5) is 0 Å². The molecule has 96 valence electrons. The zero-order chi connectivity index (χ0) is 13.1. The molecular formula is C12H13BrN2O3. The van der Waals surface area contributed by atoms with Crippen molar-refractivity contribution in [3.05, 3.63) is 28.0 Å². The molecule has 0 unspecified atom stereocenters. The average molecular weight is 313 g/mol. The molecule has 18 heavy (non-hydrogen) atoms. The molecular weight excluding hydrogens is 300 g/mol. The van der Waals surface area contributed by atoms with Crippen LogP contribution in [0.2, 0.25) is 0 Å². The van der Waals surface area contributed by atoms with Gasteiger partial charge in [0.25, 0.3) is 5.91 Å². The number of nitrogens with one attached hydrogen (secondary N) is 1. The predicted molar refractivity (Wildman–Crippen MR) is 68.3 cm³/mol. The summed E-state index contributed by atoms with van der Waals surface area (Å²) in [6.45, 7) is 0.671. The summed E-state index contributed by atoms with van der Waals surface area (Å²) in [7, 11) is 1.27. The highest BCUT2D eigenvalue weighted by molar-refractivity contribution is 9.10. The summed E-state index contributed by atoms with van der Waals surface area (Å²) in [6.07, 6.45) is 2.34. The van der Waals surface area contributed by atoms with E-state index in [1.807, 2.05) is 0 Å². The van der Waals surface area contributed by atoms with Crippen molar-refractivity contribution in [2.75, 3.05) is 13.7 Å². The van der Waals surface area contributed by atoms with Crippen molar-refractivity contribution in [3.63, 3.8) is 0 Å². The Bertz CT molecular complexity index is 486. The lowest BCUT2D eigenvalue weighted by atomic mass is 10.3. The Hall–Kier alpha value is -1.43. The molecule has 1 aliphatic rings. The molecule has 1 fully saturated rings. The van der Waals surface area contributed by atoms with Crippen molar-refractivity contribution in [2.24, 2.45) is 5.92 Å². The molecule has 1 saturated carbocycles. The number of aromatic nitrogens is 1. The third kappa shape index (κ3) is 3.07. The Labute approximate surface area is 113 Å². The van der Waals surface area contributed by atoms with Crippen LogP contribution in [0.5, 0.6) is 0 Å². The number of methoxy groups -OCH3 is 1. The summed E-state index contributed by atoms with van der Waals surface area (Å²) >= 11 is 3.20. The number of hydrogen-bond donors (Lipinski definition) is 1. The second kappa shape index (κ2) is 5.48. The molecule has 1 aromatic rings. The second-order valence-corrected chi connectivity index (χ2v) is 5.03. The number of pyridine rings is 1. The van der Waals surface area contributed by atoms with Crippen molar-refractivity contribution < 1.29 is 14.3 Å². The molecule has 2 rings (SSSR count). The molecule has 1 N–H and O–H groups in total. The van der Waals surface area contributed by atoms with E-state index in [9.17, 15) is 9.59 Å². The van der Waals surface area contributed by atoms with Crippen molar-refractivity contribution in [2.45, 2.75) is 12.8 Å². The summed E-state index contributed by atoms with van der Waals surface area (Å²) in [6, 6.07) is 3.18. The van der Waals surface area contributed by atoms with Gasteiger partial charge >= 0.3 is 5.97 Å². The zero-order valence-corrected chi connectivity index (χ0v) is 11.5. The predicted octanol–water partition coefficient (Wildman–Crippen LogP) is 1.77. The first-order chi connectivity index (χ1) is 8.61. The number of nitrogens with zero attached hydrogens (tertiary/aromatic N) is 1. The first-order valence-electron chi connectivity index (χ1n) is 5.65.